The Morgan fingerprint density at radius 1 is 1.31 bits per heavy atom. The molecule has 0 saturated carbocycles. The Balaban J connectivity index is 3.05. The van der Waals surface area contributed by atoms with Gasteiger partial charge in [0.1, 0.15) is 17.7 Å². The Labute approximate surface area is 77.0 Å². The van der Waals surface area contributed by atoms with Gasteiger partial charge in [0, 0.05) is 0 Å². The second-order valence-electron chi connectivity index (χ2n) is 2.90. The number of hydrogen-bond donors (Lipinski definition) is 0. The van der Waals surface area contributed by atoms with Crippen LogP contribution in [-0.4, -0.2) is 19.9 Å². The first-order valence-corrected chi connectivity index (χ1v) is 5.64. The van der Waals surface area contributed by atoms with E-state index in [4.69, 9.17) is 10.5 Å². The number of hydrogen-bond acceptors (Lipinski definition) is 4. The van der Waals surface area contributed by atoms with Crippen molar-refractivity contribution in [1.29, 1.82) is 10.5 Å². The summed E-state index contributed by atoms with van der Waals surface area (Å²) >= 11 is 0. The van der Waals surface area contributed by atoms with Crippen LogP contribution in [-0.2, 0) is 9.84 Å². The van der Waals surface area contributed by atoms with Crippen LogP contribution in [0.3, 0.4) is 0 Å². The Kier molecular flexibility index (Phi) is 2.69. The van der Waals surface area contributed by atoms with Gasteiger partial charge in [0.25, 0.3) is 0 Å². The highest BCUT2D eigenvalue weighted by molar-refractivity contribution is 7.91. The predicted molar refractivity (Wildman–Crippen MR) is 46.1 cm³/mol. The average molecular weight is 196 g/mol. The van der Waals surface area contributed by atoms with Crippen LogP contribution in [0.1, 0.15) is 12.8 Å². The van der Waals surface area contributed by atoms with Gasteiger partial charge in [-0.2, -0.15) is 10.5 Å². The highest BCUT2D eigenvalue weighted by Crippen LogP contribution is 2.20. The lowest BCUT2D eigenvalue weighted by Gasteiger charge is -2.13. The first-order valence-electron chi connectivity index (χ1n) is 3.82. The maximum atomic E-state index is 11.1. The van der Waals surface area contributed by atoms with Crippen LogP contribution >= 0.6 is 0 Å². The van der Waals surface area contributed by atoms with Crippen molar-refractivity contribution in [3.8, 4) is 12.1 Å². The predicted octanol–water partition coefficient (Wildman–Crippen LogP) is 0.539. The summed E-state index contributed by atoms with van der Waals surface area (Å²) in [5.74, 6) is 0.0457. The second kappa shape index (κ2) is 3.59. The third kappa shape index (κ3) is 2.30. The lowest BCUT2D eigenvalue weighted by Crippen LogP contribution is -2.19. The summed E-state index contributed by atoms with van der Waals surface area (Å²) in [4.78, 5) is 0. The van der Waals surface area contributed by atoms with E-state index in [9.17, 15) is 8.42 Å². The zero-order chi connectivity index (χ0) is 9.90. The zero-order valence-corrected chi connectivity index (χ0v) is 7.76. The minimum absolute atomic E-state index is 0.0386. The normalized spacial score (nSPS) is 20.0. The molecule has 1 rings (SSSR count). The number of sulfone groups is 1. The standard InChI is InChI=1S/C8H8N2O2S/c9-4-8(5-10)7-2-1-3-13(11,12)6-7/h1-3,6H2. The zero-order valence-electron chi connectivity index (χ0n) is 6.95. The largest absolute Gasteiger partial charge is 0.229 e. The molecular weight excluding hydrogens is 188 g/mol. The first kappa shape index (κ1) is 9.76. The quantitative estimate of drug-likeness (QED) is 0.529. The summed E-state index contributed by atoms with van der Waals surface area (Å²) in [6.45, 7) is 0. The fourth-order valence-corrected chi connectivity index (χ4v) is 2.84. The molecule has 0 unspecified atom stereocenters. The summed E-state index contributed by atoms with van der Waals surface area (Å²) in [5.41, 5.74) is 0.430. The summed E-state index contributed by atoms with van der Waals surface area (Å²) < 4.78 is 22.3. The van der Waals surface area contributed by atoms with Gasteiger partial charge in [0.2, 0.25) is 0 Å². The van der Waals surface area contributed by atoms with Gasteiger partial charge >= 0.3 is 0 Å². The fourth-order valence-electron chi connectivity index (χ4n) is 1.30. The van der Waals surface area contributed by atoms with Gasteiger partial charge in [-0.25, -0.2) is 8.42 Å². The molecule has 5 heteroatoms. The average Bonchev–Trinajstić information content (AvgIpc) is 2.05. The number of nitriles is 2. The van der Waals surface area contributed by atoms with Gasteiger partial charge in [-0.15, -0.1) is 0 Å². The van der Waals surface area contributed by atoms with E-state index in [1.165, 1.54) is 0 Å². The van der Waals surface area contributed by atoms with E-state index in [1.54, 1.807) is 12.1 Å². The molecule has 1 heterocycles. The minimum atomic E-state index is -3.06. The Morgan fingerprint density at radius 2 is 1.92 bits per heavy atom. The smallest absolute Gasteiger partial charge is 0.154 e. The highest BCUT2D eigenvalue weighted by Gasteiger charge is 2.22. The number of rotatable bonds is 0. The molecule has 0 aromatic rings. The van der Waals surface area contributed by atoms with E-state index in [2.05, 4.69) is 0 Å². The van der Waals surface area contributed by atoms with Gasteiger partial charge in [-0.05, 0) is 18.4 Å². The molecule has 0 aromatic heterocycles. The molecule has 1 aliphatic heterocycles. The molecule has 0 amide bonds. The van der Waals surface area contributed by atoms with Crippen LogP contribution in [0, 0.1) is 22.7 Å². The van der Waals surface area contributed by atoms with E-state index in [0.717, 1.165) is 0 Å². The molecule has 0 spiro atoms. The van der Waals surface area contributed by atoms with Crippen LogP contribution in [0.15, 0.2) is 11.1 Å². The molecule has 1 saturated heterocycles. The molecule has 0 radical (unpaired) electrons. The van der Waals surface area contributed by atoms with Crippen LogP contribution in [0.2, 0.25) is 0 Å². The van der Waals surface area contributed by atoms with E-state index < -0.39 is 9.84 Å². The van der Waals surface area contributed by atoms with Gasteiger partial charge in [0.05, 0.1) is 11.5 Å². The highest BCUT2D eigenvalue weighted by atomic mass is 32.2. The summed E-state index contributed by atoms with van der Waals surface area (Å²) in [7, 11) is -3.06. The summed E-state index contributed by atoms with van der Waals surface area (Å²) in [6, 6.07) is 3.43. The van der Waals surface area contributed by atoms with E-state index in [-0.39, 0.29) is 17.1 Å². The second-order valence-corrected chi connectivity index (χ2v) is 5.08. The van der Waals surface area contributed by atoms with Crippen LogP contribution < -0.4 is 0 Å². The molecule has 0 N–H and O–H groups in total. The first-order chi connectivity index (χ1) is 6.09. The van der Waals surface area contributed by atoms with Gasteiger partial charge in [-0.3, -0.25) is 0 Å². The molecular formula is C8H8N2O2S. The van der Waals surface area contributed by atoms with Crippen molar-refractivity contribution in [1.82, 2.24) is 0 Å². The van der Waals surface area contributed by atoms with Crippen molar-refractivity contribution in [2.45, 2.75) is 12.8 Å². The van der Waals surface area contributed by atoms with E-state index in [0.29, 0.717) is 18.4 Å². The lowest BCUT2D eigenvalue weighted by molar-refractivity contribution is 0.589. The molecule has 68 valence electrons. The minimum Gasteiger partial charge on any atom is -0.229 e. The fraction of sp³-hybridized carbons (Fsp3) is 0.500. The van der Waals surface area contributed by atoms with Gasteiger partial charge in [-0.1, -0.05) is 0 Å². The number of nitrogens with zero attached hydrogens (tertiary/aromatic N) is 2. The van der Waals surface area contributed by atoms with Crippen molar-refractivity contribution in [2.75, 3.05) is 11.5 Å². The van der Waals surface area contributed by atoms with Gasteiger partial charge in [0.15, 0.2) is 9.84 Å². The monoisotopic (exact) mass is 196 g/mol. The lowest BCUT2D eigenvalue weighted by atomic mass is 10.1. The Morgan fingerprint density at radius 3 is 2.38 bits per heavy atom. The van der Waals surface area contributed by atoms with Gasteiger partial charge < -0.3 is 0 Å². The van der Waals surface area contributed by atoms with Crippen molar-refractivity contribution < 1.29 is 8.42 Å². The molecule has 0 bridgehead atoms. The topological polar surface area (TPSA) is 81.7 Å². The van der Waals surface area contributed by atoms with Crippen molar-refractivity contribution in [2.24, 2.45) is 0 Å². The maximum absolute atomic E-state index is 11.1. The maximum Gasteiger partial charge on any atom is 0.154 e. The summed E-state index contributed by atoms with van der Waals surface area (Å²) in [6.07, 6.45) is 1.07. The van der Waals surface area contributed by atoms with Crippen molar-refractivity contribution >= 4 is 9.84 Å². The Hall–Kier alpha value is -1.33. The third-order valence-corrected chi connectivity index (χ3v) is 3.60. The SMILES string of the molecule is N#CC(C#N)=C1CCCS(=O)(=O)C1. The van der Waals surface area contributed by atoms with Crippen molar-refractivity contribution in [3.63, 3.8) is 0 Å². The molecule has 13 heavy (non-hydrogen) atoms. The summed E-state index contributed by atoms with van der Waals surface area (Å²) in [5, 5.41) is 17.0. The molecule has 4 nitrogen and oxygen atoms in total. The third-order valence-electron chi connectivity index (χ3n) is 1.91. The molecule has 1 aliphatic rings. The molecule has 1 fully saturated rings. The molecule has 0 aliphatic carbocycles. The van der Waals surface area contributed by atoms with Crippen LogP contribution in [0.25, 0.3) is 0 Å². The van der Waals surface area contributed by atoms with Crippen LogP contribution in [0.4, 0.5) is 0 Å². The molecule has 0 atom stereocenters. The Bertz CT molecular complexity index is 404. The van der Waals surface area contributed by atoms with Crippen LogP contribution in [0.5, 0.6) is 0 Å². The van der Waals surface area contributed by atoms with E-state index >= 15 is 0 Å². The number of allylic oxidation sites excluding steroid dienone is 1. The molecule has 0 aromatic carbocycles. The van der Waals surface area contributed by atoms with Crippen molar-refractivity contribution in [3.05, 3.63) is 11.1 Å². The van der Waals surface area contributed by atoms with E-state index in [1.807, 2.05) is 0 Å².